The van der Waals surface area contributed by atoms with Crippen LogP contribution in [-0.4, -0.2) is 51.1 Å². The number of fused-ring (bicyclic) bond motifs is 1. The molecule has 2 aromatic rings. The summed E-state index contributed by atoms with van der Waals surface area (Å²) in [5.41, 5.74) is 3.03. The number of carboxylic acids is 1. The van der Waals surface area contributed by atoms with Crippen LogP contribution in [0.5, 0.6) is 0 Å². The number of hydrogen-bond acceptors (Lipinski definition) is 4. The summed E-state index contributed by atoms with van der Waals surface area (Å²) in [6, 6.07) is 9.26. The standard InChI is InChI=1S/C20H22N4O4/c25-18-11-15(14-3-1-2-4-16(14)21-18)20(28)24-7-5-12(6-8-24)17-9-13(22-23-17)10-19(26)27/h1-4,9,12,15H,5-8,10-11H2,(H,21,25)(H,22,23)(H,26,27). The minimum atomic E-state index is -0.896. The topological polar surface area (TPSA) is 115 Å². The summed E-state index contributed by atoms with van der Waals surface area (Å²) in [4.78, 5) is 37.7. The van der Waals surface area contributed by atoms with Crippen molar-refractivity contribution in [1.82, 2.24) is 15.1 Å². The van der Waals surface area contributed by atoms with Crippen molar-refractivity contribution in [2.24, 2.45) is 0 Å². The molecule has 1 atom stereocenters. The number of rotatable bonds is 4. The van der Waals surface area contributed by atoms with Gasteiger partial charge in [-0.1, -0.05) is 18.2 Å². The van der Waals surface area contributed by atoms with Crippen molar-refractivity contribution in [1.29, 1.82) is 0 Å². The van der Waals surface area contributed by atoms with Gasteiger partial charge in [-0.2, -0.15) is 5.10 Å². The third-order valence-electron chi connectivity index (χ3n) is 5.52. The van der Waals surface area contributed by atoms with Crippen molar-refractivity contribution < 1.29 is 19.5 Å². The van der Waals surface area contributed by atoms with Crippen molar-refractivity contribution >= 4 is 23.5 Å². The molecular weight excluding hydrogens is 360 g/mol. The van der Waals surface area contributed by atoms with E-state index in [2.05, 4.69) is 15.5 Å². The number of benzene rings is 1. The molecule has 8 heteroatoms. The van der Waals surface area contributed by atoms with E-state index in [4.69, 9.17) is 5.11 Å². The second kappa shape index (κ2) is 7.46. The summed E-state index contributed by atoms with van der Waals surface area (Å²) < 4.78 is 0. The van der Waals surface area contributed by atoms with E-state index < -0.39 is 11.9 Å². The molecule has 2 aliphatic rings. The minimum Gasteiger partial charge on any atom is -0.481 e. The van der Waals surface area contributed by atoms with Gasteiger partial charge in [0, 0.05) is 36.8 Å². The lowest BCUT2D eigenvalue weighted by Crippen LogP contribution is -2.42. The number of carboxylic acid groups (broad SMARTS) is 1. The van der Waals surface area contributed by atoms with Crippen LogP contribution in [0.1, 0.15) is 48.0 Å². The van der Waals surface area contributed by atoms with E-state index >= 15 is 0 Å². The normalized spacial score (nSPS) is 19.8. The van der Waals surface area contributed by atoms with Crippen LogP contribution in [-0.2, 0) is 20.8 Å². The van der Waals surface area contributed by atoms with Gasteiger partial charge in [-0.05, 0) is 30.5 Å². The number of hydrogen-bond donors (Lipinski definition) is 3. The van der Waals surface area contributed by atoms with E-state index in [9.17, 15) is 14.4 Å². The molecule has 146 valence electrons. The van der Waals surface area contributed by atoms with Crippen LogP contribution < -0.4 is 5.32 Å². The molecule has 1 saturated heterocycles. The maximum atomic E-state index is 13.1. The fourth-order valence-corrected chi connectivity index (χ4v) is 4.09. The van der Waals surface area contributed by atoms with E-state index in [-0.39, 0.29) is 30.6 Å². The highest BCUT2D eigenvalue weighted by atomic mass is 16.4. The Bertz CT molecular complexity index is 914. The minimum absolute atomic E-state index is 0.00524. The van der Waals surface area contributed by atoms with Crippen LogP contribution in [0.4, 0.5) is 5.69 Å². The van der Waals surface area contributed by atoms with Gasteiger partial charge in [0.25, 0.3) is 0 Å². The Balaban J connectivity index is 1.41. The molecule has 0 bridgehead atoms. The Morgan fingerprint density at radius 1 is 1.21 bits per heavy atom. The van der Waals surface area contributed by atoms with Crippen LogP contribution in [0.3, 0.4) is 0 Å². The number of piperidine rings is 1. The molecule has 28 heavy (non-hydrogen) atoms. The maximum absolute atomic E-state index is 13.1. The molecule has 2 aliphatic heterocycles. The molecule has 1 aromatic heterocycles. The fourth-order valence-electron chi connectivity index (χ4n) is 4.09. The number of amides is 2. The summed E-state index contributed by atoms with van der Waals surface area (Å²) in [6.45, 7) is 1.20. The summed E-state index contributed by atoms with van der Waals surface area (Å²) >= 11 is 0. The van der Waals surface area contributed by atoms with Crippen LogP contribution >= 0.6 is 0 Å². The molecule has 3 N–H and O–H groups in total. The molecule has 2 amide bonds. The lowest BCUT2D eigenvalue weighted by molar-refractivity contribution is -0.136. The van der Waals surface area contributed by atoms with Crippen LogP contribution in [0.2, 0.25) is 0 Å². The summed E-state index contributed by atoms with van der Waals surface area (Å²) in [6.07, 6.45) is 1.63. The summed E-state index contributed by atoms with van der Waals surface area (Å²) in [5.74, 6) is -1.27. The van der Waals surface area contributed by atoms with E-state index in [1.807, 2.05) is 29.2 Å². The van der Waals surface area contributed by atoms with Crippen molar-refractivity contribution in [3.05, 3.63) is 47.3 Å². The third-order valence-corrected chi connectivity index (χ3v) is 5.52. The van der Waals surface area contributed by atoms with Gasteiger partial charge in [0.05, 0.1) is 18.0 Å². The number of nitrogens with one attached hydrogen (secondary N) is 2. The Kier molecular flexibility index (Phi) is 4.85. The third kappa shape index (κ3) is 3.62. The smallest absolute Gasteiger partial charge is 0.309 e. The second-order valence-corrected chi connectivity index (χ2v) is 7.38. The number of para-hydroxylation sites is 1. The van der Waals surface area contributed by atoms with Gasteiger partial charge >= 0.3 is 5.97 Å². The average Bonchev–Trinajstić information content (AvgIpc) is 3.14. The van der Waals surface area contributed by atoms with Gasteiger partial charge < -0.3 is 15.3 Å². The molecule has 8 nitrogen and oxygen atoms in total. The molecule has 0 aliphatic carbocycles. The molecular formula is C20H22N4O4. The molecule has 3 heterocycles. The van der Waals surface area contributed by atoms with Gasteiger partial charge in [0.1, 0.15) is 0 Å². The van der Waals surface area contributed by atoms with Crippen molar-refractivity contribution in [3.8, 4) is 0 Å². The first-order valence-electron chi connectivity index (χ1n) is 9.45. The van der Waals surface area contributed by atoms with Crippen LogP contribution in [0, 0.1) is 0 Å². The first-order valence-corrected chi connectivity index (χ1v) is 9.45. The Morgan fingerprint density at radius 3 is 2.71 bits per heavy atom. The summed E-state index contributed by atoms with van der Waals surface area (Å²) in [5, 5.41) is 18.7. The van der Waals surface area contributed by atoms with Crippen molar-refractivity contribution in [3.63, 3.8) is 0 Å². The first-order chi connectivity index (χ1) is 13.5. The highest BCUT2D eigenvalue weighted by Crippen LogP contribution is 2.35. The quantitative estimate of drug-likeness (QED) is 0.747. The Labute approximate surface area is 161 Å². The van der Waals surface area contributed by atoms with E-state index in [1.54, 1.807) is 6.07 Å². The zero-order valence-corrected chi connectivity index (χ0v) is 15.4. The van der Waals surface area contributed by atoms with Gasteiger partial charge in [-0.3, -0.25) is 19.5 Å². The number of H-pyrrole nitrogens is 1. The van der Waals surface area contributed by atoms with Crippen molar-refractivity contribution in [2.75, 3.05) is 18.4 Å². The lowest BCUT2D eigenvalue weighted by Gasteiger charge is -2.35. The van der Waals surface area contributed by atoms with Gasteiger partial charge in [0.2, 0.25) is 11.8 Å². The molecule has 1 aromatic carbocycles. The predicted octanol–water partition coefficient (Wildman–Crippen LogP) is 1.87. The zero-order valence-electron chi connectivity index (χ0n) is 15.4. The van der Waals surface area contributed by atoms with Gasteiger partial charge in [-0.25, -0.2) is 0 Å². The number of nitrogens with zero attached hydrogens (tertiary/aromatic N) is 2. The monoisotopic (exact) mass is 382 g/mol. The number of carbonyl (C=O) groups excluding carboxylic acids is 2. The second-order valence-electron chi connectivity index (χ2n) is 7.38. The van der Waals surface area contributed by atoms with Crippen molar-refractivity contribution in [2.45, 2.75) is 37.5 Å². The molecule has 0 saturated carbocycles. The number of carbonyl (C=O) groups is 3. The summed E-state index contributed by atoms with van der Waals surface area (Å²) in [7, 11) is 0. The van der Waals surface area contributed by atoms with Crippen LogP contribution in [0.15, 0.2) is 30.3 Å². The number of aromatic amines is 1. The molecule has 0 spiro atoms. The van der Waals surface area contributed by atoms with Gasteiger partial charge in [0.15, 0.2) is 0 Å². The molecule has 0 radical (unpaired) electrons. The zero-order chi connectivity index (χ0) is 19.7. The molecule has 4 rings (SSSR count). The highest BCUT2D eigenvalue weighted by Gasteiger charge is 2.35. The lowest BCUT2D eigenvalue weighted by atomic mass is 9.87. The number of aromatic nitrogens is 2. The van der Waals surface area contributed by atoms with E-state index in [0.717, 1.165) is 29.8 Å². The Hall–Kier alpha value is -3.16. The maximum Gasteiger partial charge on any atom is 0.309 e. The predicted molar refractivity (Wildman–Crippen MR) is 101 cm³/mol. The van der Waals surface area contributed by atoms with Gasteiger partial charge in [-0.15, -0.1) is 0 Å². The fraction of sp³-hybridized carbons (Fsp3) is 0.400. The van der Waals surface area contributed by atoms with E-state index in [1.165, 1.54) is 0 Å². The number of aliphatic carboxylic acids is 1. The number of likely N-dealkylation sites (tertiary alicyclic amines) is 1. The average molecular weight is 382 g/mol. The van der Waals surface area contributed by atoms with Crippen LogP contribution in [0.25, 0.3) is 0 Å². The highest BCUT2D eigenvalue weighted by molar-refractivity contribution is 6.01. The largest absolute Gasteiger partial charge is 0.481 e. The Morgan fingerprint density at radius 2 is 1.96 bits per heavy atom. The van der Waals surface area contributed by atoms with E-state index in [0.29, 0.717) is 18.8 Å². The molecule has 1 unspecified atom stereocenters. The SMILES string of the molecule is O=C(O)Cc1cc(C2CCN(C(=O)C3CC(=O)Nc4ccccc43)CC2)n[nH]1. The molecule has 1 fully saturated rings. The first kappa shape index (κ1) is 18.2. The number of anilines is 1.